The molecule has 1 N–H and O–H groups in total. The Balaban J connectivity index is 3.76. The molecular formula is C12H28N2O. The summed E-state index contributed by atoms with van der Waals surface area (Å²) in [6, 6.07) is 0.568. The maximum absolute atomic E-state index is 5.52. The zero-order valence-corrected chi connectivity index (χ0v) is 11.3. The summed E-state index contributed by atoms with van der Waals surface area (Å²) < 4.78 is 5.52. The van der Waals surface area contributed by atoms with Crippen LogP contribution in [0, 0.1) is 0 Å². The third kappa shape index (κ3) is 6.88. The second-order valence-corrected chi connectivity index (χ2v) is 4.85. The molecule has 3 heteroatoms. The number of nitrogens with zero attached hydrogens (tertiary/aromatic N) is 1. The minimum Gasteiger partial charge on any atom is -0.377 e. The van der Waals surface area contributed by atoms with Crippen LogP contribution in [0.5, 0.6) is 0 Å². The van der Waals surface area contributed by atoms with Crippen molar-refractivity contribution in [3.63, 3.8) is 0 Å². The summed E-state index contributed by atoms with van der Waals surface area (Å²) in [5.41, 5.74) is -0.00736. The fourth-order valence-corrected chi connectivity index (χ4v) is 1.51. The van der Waals surface area contributed by atoms with Crippen molar-refractivity contribution < 1.29 is 4.74 Å². The summed E-state index contributed by atoms with van der Waals surface area (Å²) in [6.07, 6.45) is 1.05. The molecule has 1 atom stereocenters. The van der Waals surface area contributed by atoms with E-state index in [0.29, 0.717) is 6.04 Å². The predicted molar refractivity (Wildman–Crippen MR) is 66.3 cm³/mol. The molecule has 0 aromatic heterocycles. The molecule has 1 unspecified atom stereocenters. The van der Waals surface area contributed by atoms with E-state index >= 15 is 0 Å². The lowest BCUT2D eigenvalue weighted by atomic mass is 10.0. The van der Waals surface area contributed by atoms with Gasteiger partial charge >= 0.3 is 0 Å². The zero-order chi connectivity index (χ0) is 11.9. The first-order valence-corrected chi connectivity index (χ1v) is 5.90. The largest absolute Gasteiger partial charge is 0.377 e. The van der Waals surface area contributed by atoms with Crippen molar-refractivity contribution in [3.05, 3.63) is 0 Å². The van der Waals surface area contributed by atoms with Gasteiger partial charge in [-0.1, -0.05) is 20.8 Å². The highest BCUT2D eigenvalue weighted by Gasteiger charge is 2.22. The average molecular weight is 216 g/mol. The highest BCUT2D eigenvalue weighted by molar-refractivity contribution is 4.76. The standard InChI is InChI=1S/C12H28N2O/c1-7-12(4,15-6)10-14(5)9-8-13-11(2)3/h11,13H,7-10H2,1-6H3. The van der Waals surface area contributed by atoms with Gasteiger partial charge in [0, 0.05) is 32.8 Å². The Kier molecular flexibility index (Phi) is 7.14. The van der Waals surface area contributed by atoms with Gasteiger partial charge < -0.3 is 15.0 Å². The highest BCUT2D eigenvalue weighted by Crippen LogP contribution is 2.14. The molecule has 0 bridgehead atoms. The van der Waals surface area contributed by atoms with Crippen LogP contribution in [0.3, 0.4) is 0 Å². The molecule has 0 radical (unpaired) electrons. The van der Waals surface area contributed by atoms with Gasteiger partial charge in [-0.15, -0.1) is 0 Å². The molecule has 0 aliphatic heterocycles. The van der Waals surface area contributed by atoms with Gasteiger partial charge in [0.15, 0.2) is 0 Å². The number of hydrogen-bond acceptors (Lipinski definition) is 3. The normalized spacial score (nSPS) is 16.0. The fourth-order valence-electron chi connectivity index (χ4n) is 1.51. The molecule has 3 nitrogen and oxygen atoms in total. The van der Waals surface area contributed by atoms with Crippen molar-refractivity contribution in [3.8, 4) is 0 Å². The van der Waals surface area contributed by atoms with Crippen molar-refractivity contribution in [1.82, 2.24) is 10.2 Å². The Hall–Kier alpha value is -0.120. The third-order valence-electron chi connectivity index (χ3n) is 2.89. The van der Waals surface area contributed by atoms with Crippen molar-refractivity contribution in [2.45, 2.75) is 45.8 Å². The molecule has 0 aliphatic carbocycles. The first-order valence-electron chi connectivity index (χ1n) is 5.90. The highest BCUT2D eigenvalue weighted by atomic mass is 16.5. The van der Waals surface area contributed by atoms with Gasteiger partial charge in [0.25, 0.3) is 0 Å². The Bertz CT molecular complexity index is 156. The lowest BCUT2D eigenvalue weighted by Gasteiger charge is -2.31. The summed E-state index contributed by atoms with van der Waals surface area (Å²) in [5.74, 6) is 0. The van der Waals surface area contributed by atoms with Gasteiger partial charge in [0.1, 0.15) is 0 Å². The van der Waals surface area contributed by atoms with Crippen molar-refractivity contribution in [2.75, 3.05) is 33.8 Å². The van der Waals surface area contributed by atoms with Crippen LogP contribution in [0.4, 0.5) is 0 Å². The molecule has 0 spiro atoms. The zero-order valence-electron chi connectivity index (χ0n) is 11.3. The number of likely N-dealkylation sites (N-methyl/N-ethyl adjacent to an activating group) is 1. The molecule has 0 saturated carbocycles. The van der Waals surface area contributed by atoms with E-state index in [4.69, 9.17) is 4.74 Å². The quantitative estimate of drug-likeness (QED) is 0.669. The van der Waals surface area contributed by atoms with E-state index < -0.39 is 0 Å². The van der Waals surface area contributed by atoms with Crippen LogP contribution in [-0.4, -0.2) is 50.3 Å². The second kappa shape index (κ2) is 7.20. The minimum absolute atomic E-state index is 0.00736. The number of hydrogen-bond donors (Lipinski definition) is 1. The Morgan fingerprint density at radius 3 is 2.40 bits per heavy atom. The van der Waals surface area contributed by atoms with Gasteiger partial charge in [0.05, 0.1) is 5.60 Å². The molecule has 0 heterocycles. The molecule has 15 heavy (non-hydrogen) atoms. The lowest BCUT2D eigenvalue weighted by Crippen LogP contribution is -2.43. The van der Waals surface area contributed by atoms with E-state index in [-0.39, 0.29) is 5.60 Å². The van der Waals surface area contributed by atoms with Crippen LogP contribution in [0.25, 0.3) is 0 Å². The average Bonchev–Trinajstić information content (AvgIpc) is 2.17. The lowest BCUT2D eigenvalue weighted by molar-refractivity contribution is -0.0198. The molecule has 0 rings (SSSR count). The van der Waals surface area contributed by atoms with E-state index in [1.165, 1.54) is 0 Å². The van der Waals surface area contributed by atoms with E-state index in [9.17, 15) is 0 Å². The maximum atomic E-state index is 5.52. The van der Waals surface area contributed by atoms with Gasteiger partial charge in [0.2, 0.25) is 0 Å². The first kappa shape index (κ1) is 14.9. The van der Waals surface area contributed by atoms with Crippen LogP contribution in [0.15, 0.2) is 0 Å². The van der Waals surface area contributed by atoms with Crippen molar-refractivity contribution in [2.24, 2.45) is 0 Å². The van der Waals surface area contributed by atoms with E-state index in [1.807, 2.05) is 0 Å². The monoisotopic (exact) mass is 216 g/mol. The Labute approximate surface area is 95.2 Å². The maximum Gasteiger partial charge on any atom is 0.0774 e. The van der Waals surface area contributed by atoms with E-state index in [2.05, 4.69) is 45.0 Å². The summed E-state index contributed by atoms with van der Waals surface area (Å²) in [7, 11) is 3.94. The Morgan fingerprint density at radius 2 is 2.00 bits per heavy atom. The summed E-state index contributed by atoms with van der Waals surface area (Å²) in [4.78, 5) is 2.32. The van der Waals surface area contributed by atoms with Crippen molar-refractivity contribution >= 4 is 0 Å². The van der Waals surface area contributed by atoms with Gasteiger partial charge in [-0.25, -0.2) is 0 Å². The van der Waals surface area contributed by atoms with Gasteiger partial charge in [-0.3, -0.25) is 0 Å². The topological polar surface area (TPSA) is 24.5 Å². The van der Waals surface area contributed by atoms with Crippen LogP contribution in [0.2, 0.25) is 0 Å². The van der Waals surface area contributed by atoms with E-state index in [0.717, 1.165) is 26.1 Å². The number of methoxy groups -OCH3 is 1. The molecule has 0 aromatic carbocycles. The second-order valence-electron chi connectivity index (χ2n) is 4.85. The number of nitrogens with one attached hydrogen (secondary N) is 1. The minimum atomic E-state index is -0.00736. The third-order valence-corrected chi connectivity index (χ3v) is 2.89. The number of rotatable bonds is 8. The van der Waals surface area contributed by atoms with Crippen LogP contribution >= 0.6 is 0 Å². The van der Waals surface area contributed by atoms with Crippen LogP contribution < -0.4 is 5.32 Å². The molecule has 0 aromatic rings. The smallest absolute Gasteiger partial charge is 0.0774 e. The summed E-state index contributed by atoms with van der Waals surface area (Å²) in [6.45, 7) is 11.8. The summed E-state index contributed by atoms with van der Waals surface area (Å²) >= 11 is 0. The van der Waals surface area contributed by atoms with E-state index in [1.54, 1.807) is 7.11 Å². The van der Waals surface area contributed by atoms with Crippen molar-refractivity contribution in [1.29, 1.82) is 0 Å². The fraction of sp³-hybridized carbons (Fsp3) is 1.00. The Morgan fingerprint density at radius 1 is 1.40 bits per heavy atom. The SMILES string of the molecule is CCC(C)(CN(C)CCNC(C)C)OC. The molecule has 0 fully saturated rings. The first-order chi connectivity index (χ1) is 6.93. The predicted octanol–water partition coefficient (Wildman–Crippen LogP) is 1.73. The van der Waals surface area contributed by atoms with Crippen LogP contribution in [-0.2, 0) is 4.74 Å². The summed E-state index contributed by atoms with van der Waals surface area (Å²) in [5, 5.41) is 3.42. The molecule has 92 valence electrons. The molecule has 0 aliphatic rings. The van der Waals surface area contributed by atoms with Gasteiger partial charge in [-0.05, 0) is 20.4 Å². The van der Waals surface area contributed by atoms with Crippen LogP contribution in [0.1, 0.15) is 34.1 Å². The molecular weight excluding hydrogens is 188 g/mol. The number of ether oxygens (including phenoxy) is 1. The molecule has 0 amide bonds. The molecule has 0 saturated heterocycles. The van der Waals surface area contributed by atoms with Gasteiger partial charge in [-0.2, -0.15) is 0 Å².